The van der Waals surface area contributed by atoms with Crippen LogP contribution in [0.3, 0.4) is 0 Å². The molecule has 1 aromatic carbocycles. The van der Waals surface area contributed by atoms with Gasteiger partial charge < -0.3 is 0 Å². The van der Waals surface area contributed by atoms with Gasteiger partial charge in [0.15, 0.2) is 0 Å². The molecule has 2 rings (SSSR count). The van der Waals surface area contributed by atoms with Gasteiger partial charge in [0.25, 0.3) is 0 Å². The maximum Gasteiger partial charge on any atom is 0.0348 e. The Balaban J connectivity index is 2.48. The van der Waals surface area contributed by atoms with Gasteiger partial charge >= 0.3 is 0 Å². The molecule has 0 saturated heterocycles. The van der Waals surface area contributed by atoms with Crippen LogP contribution in [-0.2, 0) is 6.42 Å². The lowest BCUT2D eigenvalue weighted by molar-refractivity contribution is 0.347. The predicted octanol–water partition coefficient (Wildman–Crippen LogP) is 6.94. The van der Waals surface area contributed by atoms with Crippen molar-refractivity contribution in [2.45, 2.75) is 72.6 Å². The number of hydrogen-bond donors (Lipinski definition) is 0. The van der Waals surface area contributed by atoms with E-state index < -0.39 is 0 Å². The van der Waals surface area contributed by atoms with Crippen LogP contribution in [0.25, 0.3) is 5.57 Å². The minimum atomic E-state index is 0.690. The van der Waals surface area contributed by atoms with E-state index in [1.807, 2.05) is 13.1 Å². The Labute approximate surface area is 148 Å². The van der Waals surface area contributed by atoms with E-state index >= 15 is 0 Å². The zero-order valence-corrected chi connectivity index (χ0v) is 16.2. The highest BCUT2D eigenvalue weighted by Gasteiger charge is 2.23. The van der Waals surface area contributed by atoms with Crippen molar-refractivity contribution < 1.29 is 0 Å². The van der Waals surface area contributed by atoms with Crippen molar-refractivity contribution >= 4 is 11.8 Å². The molecule has 0 heterocycles. The highest BCUT2D eigenvalue weighted by Crippen LogP contribution is 2.39. The van der Waals surface area contributed by atoms with Crippen LogP contribution in [0.15, 0.2) is 41.0 Å². The molecular weight excluding hydrogens is 290 g/mol. The first-order chi connectivity index (χ1) is 11.4. The topological polar surface area (TPSA) is 12.4 Å². The van der Waals surface area contributed by atoms with E-state index in [4.69, 9.17) is 0 Å². The van der Waals surface area contributed by atoms with Crippen LogP contribution >= 0.6 is 0 Å². The summed E-state index contributed by atoms with van der Waals surface area (Å²) in [7, 11) is 0. The third-order valence-corrected chi connectivity index (χ3v) is 5.22. The molecule has 0 spiro atoms. The van der Waals surface area contributed by atoms with Crippen molar-refractivity contribution in [2.75, 3.05) is 0 Å². The maximum atomic E-state index is 4.49. The van der Waals surface area contributed by atoms with Crippen LogP contribution in [0.2, 0.25) is 0 Å². The van der Waals surface area contributed by atoms with E-state index in [0.717, 1.165) is 18.0 Å². The summed E-state index contributed by atoms with van der Waals surface area (Å²) in [5, 5.41) is 0. The molecule has 0 bridgehead atoms. The molecule has 1 aliphatic rings. The molecular formula is C23H33N. The Morgan fingerprint density at radius 3 is 2.38 bits per heavy atom. The van der Waals surface area contributed by atoms with Gasteiger partial charge in [-0.1, -0.05) is 57.0 Å². The van der Waals surface area contributed by atoms with E-state index in [1.54, 1.807) is 0 Å². The van der Waals surface area contributed by atoms with Crippen molar-refractivity contribution in [3.8, 4) is 0 Å². The lowest BCUT2D eigenvalue weighted by Gasteiger charge is -2.29. The van der Waals surface area contributed by atoms with E-state index in [0.29, 0.717) is 5.92 Å². The van der Waals surface area contributed by atoms with Gasteiger partial charge in [-0.2, -0.15) is 0 Å². The summed E-state index contributed by atoms with van der Waals surface area (Å²) in [6.45, 7) is 14.8. The van der Waals surface area contributed by atoms with Gasteiger partial charge in [-0.3, -0.25) is 4.99 Å². The van der Waals surface area contributed by atoms with Crippen LogP contribution in [0, 0.1) is 5.92 Å². The summed E-state index contributed by atoms with van der Waals surface area (Å²) in [6.07, 6.45) is 8.44. The van der Waals surface area contributed by atoms with Crippen molar-refractivity contribution in [1.82, 2.24) is 0 Å². The molecule has 0 aromatic heterocycles. The number of aryl methyl sites for hydroxylation is 1. The second-order valence-corrected chi connectivity index (χ2v) is 7.64. The Morgan fingerprint density at radius 2 is 1.83 bits per heavy atom. The summed E-state index contributed by atoms with van der Waals surface area (Å²) in [6, 6.07) is 7.05. The Bertz CT molecular complexity index is 636. The largest absolute Gasteiger partial charge is 0.262 e. The fourth-order valence-corrected chi connectivity index (χ4v) is 3.63. The molecule has 1 fully saturated rings. The quantitative estimate of drug-likeness (QED) is 0.520. The van der Waals surface area contributed by atoms with Crippen LogP contribution in [0.1, 0.15) is 82.9 Å². The summed E-state index contributed by atoms with van der Waals surface area (Å²) in [4.78, 5) is 4.49. The van der Waals surface area contributed by atoms with E-state index in [9.17, 15) is 0 Å². The molecule has 1 aromatic rings. The zero-order valence-electron chi connectivity index (χ0n) is 16.2. The molecule has 130 valence electrons. The van der Waals surface area contributed by atoms with Crippen molar-refractivity contribution in [2.24, 2.45) is 10.9 Å². The van der Waals surface area contributed by atoms with Crippen molar-refractivity contribution in [1.29, 1.82) is 0 Å². The third-order valence-electron chi connectivity index (χ3n) is 5.22. The average Bonchev–Trinajstić information content (AvgIpc) is 2.55. The monoisotopic (exact) mass is 323 g/mol. The van der Waals surface area contributed by atoms with Gasteiger partial charge in [-0.25, -0.2) is 0 Å². The molecule has 0 radical (unpaired) electrons. The first-order valence-corrected chi connectivity index (χ1v) is 9.42. The summed E-state index contributed by atoms with van der Waals surface area (Å²) in [5.74, 6) is 1.57. The molecule has 0 unspecified atom stereocenters. The molecule has 1 saturated carbocycles. The first kappa shape index (κ1) is 18.7. The van der Waals surface area contributed by atoms with E-state index in [1.165, 1.54) is 53.5 Å². The van der Waals surface area contributed by atoms with Crippen LogP contribution in [0.5, 0.6) is 0 Å². The molecule has 24 heavy (non-hydrogen) atoms. The highest BCUT2D eigenvalue weighted by atomic mass is 14.7. The lowest BCUT2D eigenvalue weighted by atomic mass is 9.76. The van der Waals surface area contributed by atoms with Crippen molar-refractivity contribution in [3.63, 3.8) is 0 Å². The van der Waals surface area contributed by atoms with Gasteiger partial charge in [0, 0.05) is 11.9 Å². The summed E-state index contributed by atoms with van der Waals surface area (Å²) < 4.78 is 0. The van der Waals surface area contributed by atoms with Gasteiger partial charge in [-0.05, 0) is 74.1 Å². The van der Waals surface area contributed by atoms with Crippen LogP contribution in [-0.4, -0.2) is 6.21 Å². The van der Waals surface area contributed by atoms with Crippen LogP contribution < -0.4 is 0 Å². The number of nitrogens with zero attached hydrogens (tertiary/aromatic N) is 1. The SMILES string of the molecule is C=C(C)N=CC(=C(C)C)c1ccc(CC)cc1C1CCC(C)CC1. The number of rotatable bonds is 5. The Kier molecular flexibility index (Phi) is 6.60. The summed E-state index contributed by atoms with van der Waals surface area (Å²) in [5.41, 5.74) is 7.77. The fraction of sp³-hybridized carbons (Fsp3) is 0.522. The Hall–Kier alpha value is -1.63. The fourth-order valence-electron chi connectivity index (χ4n) is 3.63. The van der Waals surface area contributed by atoms with E-state index in [-0.39, 0.29) is 0 Å². The molecule has 0 aliphatic heterocycles. The minimum absolute atomic E-state index is 0.690. The minimum Gasteiger partial charge on any atom is -0.262 e. The standard InChI is InChI=1S/C23H33N/c1-7-19-10-13-21(23(16(2)3)15-24-17(4)5)22(14-19)20-11-8-18(6)9-12-20/h10,13-15,18,20H,4,7-9,11-12H2,1-3,5-6H3. The molecule has 0 N–H and O–H groups in total. The van der Waals surface area contributed by atoms with Gasteiger partial charge in [-0.15, -0.1) is 0 Å². The lowest BCUT2D eigenvalue weighted by Crippen LogP contribution is -2.13. The van der Waals surface area contributed by atoms with E-state index in [2.05, 4.69) is 57.5 Å². The zero-order chi connectivity index (χ0) is 17.7. The second kappa shape index (κ2) is 8.46. The number of hydrogen-bond acceptors (Lipinski definition) is 1. The summed E-state index contributed by atoms with van der Waals surface area (Å²) >= 11 is 0. The molecule has 0 amide bonds. The molecule has 1 heteroatoms. The molecule has 1 aliphatic carbocycles. The van der Waals surface area contributed by atoms with Gasteiger partial charge in [0.2, 0.25) is 0 Å². The molecule has 0 atom stereocenters. The number of allylic oxidation sites excluding steroid dienone is 3. The number of benzene rings is 1. The van der Waals surface area contributed by atoms with Gasteiger partial charge in [0.05, 0.1) is 0 Å². The van der Waals surface area contributed by atoms with Crippen molar-refractivity contribution in [3.05, 3.63) is 52.7 Å². The average molecular weight is 324 g/mol. The predicted molar refractivity (Wildman–Crippen MR) is 108 cm³/mol. The third kappa shape index (κ3) is 4.69. The van der Waals surface area contributed by atoms with Gasteiger partial charge in [0.1, 0.15) is 0 Å². The first-order valence-electron chi connectivity index (χ1n) is 9.42. The maximum absolute atomic E-state index is 4.49. The second-order valence-electron chi connectivity index (χ2n) is 7.64. The smallest absolute Gasteiger partial charge is 0.0348 e. The highest BCUT2D eigenvalue weighted by molar-refractivity contribution is 6.11. The Morgan fingerprint density at radius 1 is 1.17 bits per heavy atom. The number of aliphatic imine (C=N–C) groups is 1. The van der Waals surface area contributed by atoms with Crippen LogP contribution in [0.4, 0.5) is 0 Å². The molecule has 1 nitrogen and oxygen atoms in total. The normalized spacial score (nSPS) is 21.0.